The van der Waals surface area contributed by atoms with Crippen molar-refractivity contribution in [1.82, 2.24) is 10.3 Å². The van der Waals surface area contributed by atoms with Crippen molar-refractivity contribution in [3.63, 3.8) is 0 Å². The fraction of sp³-hybridized carbons (Fsp3) is 0.214. The van der Waals surface area contributed by atoms with E-state index in [9.17, 15) is 5.11 Å². The molecule has 1 atom stereocenters. The standard InChI is InChI=1S/C14H14Cl2N2O/c15-11-5-10(6-12(16)7-11)14(19)9-17-8-13-3-1-2-4-18-13/h1-7,14,17,19H,8-9H2. The van der Waals surface area contributed by atoms with Crippen LogP contribution < -0.4 is 5.32 Å². The lowest BCUT2D eigenvalue weighted by atomic mass is 10.1. The first-order valence-electron chi connectivity index (χ1n) is 5.90. The minimum absolute atomic E-state index is 0.410. The monoisotopic (exact) mass is 296 g/mol. The minimum atomic E-state index is -0.653. The van der Waals surface area contributed by atoms with Gasteiger partial charge in [-0.15, -0.1) is 0 Å². The van der Waals surface area contributed by atoms with E-state index in [4.69, 9.17) is 23.2 Å². The highest BCUT2D eigenvalue weighted by Gasteiger charge is 2.09. The van der Waals surface area contributed by atoms with Gasteiger partial charge < -0.3 is 10.4 Å². The highest BCUT2D eigenvalue weighted by atomic mass is 35.5. The molecule has 0 spiro atoms. The van der Waals surface area contributed by atoms with E-state index in [-0.39, 0.29) is 0 Å². The van der Waals surface area contributed by atoms with E-state index >= 15 is 0 Å². The maximum atomic E-state index is 10.0. The van der Waals surface area contributed by atoms with Crippen molar-refractivity contribution in [3.05, 3.63) is 63.9 Å². The molecule has 1 aromatic heterocycles. The summed E-state index contributed by atoms with van der Waals surface area (Å²) in [6.07, 6.45) is 1.09. The molecule has 5 heteroatoms. The molecular formula is C14H14Cl2N2O. The number of pyridine rings is 1. The molecule has 0 saturated heterocycles. The number of nitrogens with zero attached hydrogens (tertiary/aromatic N) is 1. The van der Waals surface area contributed by atoms with E-state index in [0.717, 1.165) is 5.69 Å². The summed E-state index contributed by atoms with van der Waals surface area (Å²) in [6, 6.07) is 10.8. The minimum Gasteiger partial charge on any atom is -0.387 e. The Morgan fingerprint density at radius 1 is 1.16 bits per heavy atom. The number of hydrogen-bond donors (Lipinski definition) is 2. The number of aliphatic hydroxyl groups excluding tert-OH is 1. The maximum Gasteiger partial charge on any atom is 0.0915 e. The van der Waals surface area contributed by atoms with Crippen LogP contribution >= 0.6 is 23.2 Å². The summed E-state index contributed by atoms with van der Waals surface area (Å²) in [4.78, 5) is 4.19. The first kappa shape index (κ1) is 14.3. The lowest BCUT2D eigenvalue weighted by Crippen LogP contribution is -2.21. The Morgan fingerprint density at radius 2 is 1.89 bits per heavy atom. The molecule has 0 fully saturated rings. The average Bonchev–Trinajstić information content (AvgIpc) is 2.38. The fourth-order valence-electron chi connectivity index (χ4n) is 1.73. The summed E-state index contributed by atoms with van der Waals surface area (Å²) < 4.78 is 0. The molecule has 1 aromatic carbocycles. The molecule has 3 nitrogen and oxygen atoms in total. The lowest BCUT2D eigenvalue weighted by Gasteiger charge is -2.13. The van der Waals surface area contributed by atoms with Crippen molar-refractivity contribution in [3.8, 4) is 0 Å². The number of halogens is 2. The van der Waals surface area contributed by atoms with Gasteiger partial charge in [0, 0.05) is 29.3 Å². The zero-order valence-electron chi connectivity index (χ0n) is 10.2. The first-order chi connectivity index (χ1) is 9.15. The Labute approximate surface area is 122 Å². The second kappa shape index (κ2) is 6.87. The molecule has 2 N–H and O–H groups in total. The highest BCUT2D eigenvalue weighted by Crippen LogP contribution is 2.23. The predicted octanol–water partition coefficient (Wildman–Crippen LogP) is 3.21. The molecule has 2 rings (SSSR count). The van der Waals surface area contributed by atoms with Gasteiger partial charge in [-0.2, -0.15) is 0 Å². The molecule has 0 radical (unpaired) electrons. The Morgan fingerprint density at radius 3 is 2.53 bits per heavy atom. The zero-order valence-corrected chi connectivity index (χ0v) is 11.7. The van der Waals surface area contributed by atoms with Crippen LogP contribution in [-0.2, 0) is 6.54 Å². The summed E-state index contributed by atoms with van der Waals surface area (Å²) >= 11 is 11.8. The summed E-state index contributed by atoms with van der Waals surface area (Å²) in [5.74, 6) is 0. The molecule has 19 heavy (non-hydrogen) atoms. The summed E-state index contributed by atoms with van der Waals surface area (Å²) in [6.45, 7) is 1.01. The third-order valence-electron chi connectivity index (χ3n) is 2.64. The van der Waals surface area contributed by atoms with E-state index in [1.165, 1.54) is 0 Å². The third-order valence-corrected chi connectivity index (χ3v) is 3.08. The smallest absolute Gasteiger partial charge is 0.0915 e. The van der Waals surface area contributed by atoms with Crippen LogP contribution in [0.3, 0.4) is 0 Å². The van der Waals surface area contributed by atoms with Gasteiger partial charge in [-0.1, -0.05) is 29.3 Å². The number of hydrogen-bond acceptors (Lipinski definition) is 3. The first-order valence-corrected chi connectivity index (χ1v) is 6.65. The molecular weight excluding hydrogens is 283 g/mol. The van der Waals surface area contributed by atoms with Gasteiger partial charge in [-0.25, -0.2) is 0 Å². The third kappa shape index (κ3) is 4.48. The van der Waals surface area contributed by atoms with Crippen molar-refractivity contribution >= 4 is 23.2 Å². The van der Waals surface area contributed by atoms with Gasteiger partial charge in [0.15, 0.2) is 0 Å². The molecule has 1 heterocycles. The normalized spacial score (nSPS) is 12.4. The van der Waals surface area contributed by atoms with Crippen LogP contribution in [0.5, 0.6) is 0 Å². The zero-order chi connectivity index (χ0) is 13.7. The quantitative estimate of drug-likeness (QED) is 0.890. The topological polar surface area (TPSA) is 45.1 Å². The van der Waals surface area contributed by atoms with Crippen molar-refractivity contribution in [1.29, 1.82) is 0 Å². The Kier molecular flexibility index (Phi) is 5.16. The maximum absolute atomic E-state index is 10.0. The van der Waals surface area contributed by atoms with Gasteiger partial charge in [-0.3, -0.25) is 4.98 Å². The number of nitrogens with one attached hydrogen (secondary N) is 1. The van der Waals surface area contributed by atoms with Gasteiger partial charge >= 0.3 is 0 Å². The van der Waals surface area contributed by atoms with E-state index in [1.807, 2.05) is 18.2 Å². The van der Waals surface area contributed by atoms with Gasteiger partial charge in [0.1, 0.15) is 0 Å². The van der Waals surface area contributed by atoms with Gasteiger partial charge in [0.05, 0.1) is 11.8 Å². The molecule has 0 amide bonds. The second-order valence-corrected chi connectivity index (χ2v) is 5.04. The average molecular weight is 297 g/mol. The van der Waals surface area contributed by atoms with Crippen LogP contribution in [0.4, 0.5) is 0 Å². The largest absolute Gasteiger partial charge is 0.387 e. The van der Waals surface area contributed by atoms with Gasteiger partial charge in [-0.05, 0) is 35.9 Å². The van der Waals surface area contributed by atoms with Crippen molar-refractivity contribution < 1.29 is 5.11 Å². The van der Waals surface area contributed by atoms with Crippen molar-refractivity contribution in [2.24, 2.45) is 0 Å². The molecule has 1 unspecified atom stereocenters. The Balaban J connectivity index is 1.89. The van der Waals surface area contributed by atoms with Crippen LogP contribution in [-0.4, -0.2) is 16.6 Å². The molecule has 0 aliphatic heterocycles. The number of rotatable bonds is 5. The number of aromatic nitrogens is 1. The summed E-state index contributed by atoms with van der Waals surface area (Å²) in [7, 11) is 0. The predicted molar refractivity (Wildman–Crippen MR) is 77.4 cm³/mol. The summed E-state index contributed by atoms with van der Waals surface area (Å²) in [5, 5.41) is 14.2. The van der Waals surface area contributed by atoms with Crippen LogP contribution in [0.2, 0.25) is 10.0 Å². The Hall–Kier alpha value is -1.13. The van der Waals surface area contributed by atoms with Crippen molar-refractivity contribution in [2.75, 3.05) is 6.54 Å². The summed E-state index contributed by atoms with van der Waals surface area (Å²) in [5.41, 5.74) is 1.63. The van der Waals surface area contributed by atoms with Gasteiger partial charge in [0.2, 0.25) is 0 Å². The second-order valence-electron chi connectivity index (χ2n) is 4.17. The van der Waals surface area contributed by atoms with Crippen LogP contribution in [0, 0.1) is 0 Å². The molecule has 0 aliphatic rings. The number of aliphatic hydroxyl groups is 1. The van der Waals surface area contributed by atoms with Crippen LogP contribution in [0.15, 0.2) is 42.6 Å². The van der Waals surface area contributed by atoms with Crippen molar-refractivity contribution in [2.45, 2.75) is 12.6 Å². The lowest BCUT2D eigenvalue weighted by molar-refractivity contribution is 0.174. The van der Waals surface area contributed by atoms with Crippen LogP contribution in [0.25, 0.3) is 0 Å². The molecule has 0 bridgehead atoms. The van der Waals surface area contributed by atoms with E-state index < -0.39 is 6.10 Å². The Bertz CT molecular complexity index is 514. The molecule has 2 aromatic rings. The SMILES string of the molecule is OC(CNCc1ccccn1)c1cc(Cl)cc(Cl)c1. The van der Waals surface area contributed by atoms with E-state index in [1.54, 1.807) is 24.4 Å². The molecule has 0 aliphatic carbocycles. The van der Waals surface area contributed by atoms with E-state index in [2.05, 4.69) is 10.3 Å². The van der Waals surface area contributed by atoms with Gasteiger partial charge in [0.25, 0.3) is 0 Å². The van der Waals surface area contributed by atoms with Crippen LogP contribution in [0.1, 0.15) is 17.4 Å². The number of benzene rings is 1. The molecule has 100 valence electrons. The fourth-order valence-corrected chi connectivity index (χ4v) is 2.27. The highest BCUT2D eigenvalue weighted by molar-refractivity contribution is 6.34. The molecule has 0 saturated carbocycles. The van der Waals surface area contributed by atoms with E-state index in [0.29, 0.717) is 28.7 Å².